The van der Waals surface area contributed by atoms with Gasteiger partial charge in [-0.05, 0) is 17.5 Å². The number of carbonyl (C=O) groups excluding carboxylic acids is 2. The normalized spacial score (nSPS) is 21.2. The van der Waals surface area contributed by atoms with E-state index < -0.39 is 6.04 Å². The molecule has 1 N–H and O–H groups in total. The number of amides is 3. The van der Waals surface area contributed by atoms with E-state index in [0.717, 1.165) is 11.3 Å². The van der Waals surface area contributed by atoms with Gasteiger partial charge < -0.3 is 10.2 Å². The molecule has 0 bridgehead atoms. The first-order valence-electron chi connectivity index (χ1n) is 7.71. The Morgan fingerprint density at radius 2 is 2.00 bits per heavy atom. The number of hydrogen-bond donors (Lipinski definition) is 1. The smallest absolute Gasteiger partial charge is 0.322 e. The van der Waals surface area contributed by atoms with E-state index in [1.807, 2.05) is 18.2 Å². The van der Waals surface area contributed by atoms with E-state index in [2.05, 4.69) is 19.2 Å². The summed E-state index contributed by atoms with van der Waals surface area (Å²) in [6.45, 7) is 5.28. The highest BCUT2D eigenvalue weighted by molar-refractivity contribution is 6.31. The van der Waals surface area contributed by atoms with Crippen molar-refractivity contribution in [2.45, 2.75) is 19.9 Å². The van der Waals surface area contributed by atoms with Crippen LogP contribution in [-0.2, 0) is 4.79 Å². The number of urea groups is 1. The van der Waals surface area contributed by atoms with Gasteiger partial charge in [0, 0.05) is 18.6 Å². The molecule has 0 fully saturated rings. The van der Waals surface area contributed by atoms with E-state index in [0.29, 0.717) is 29.6 Å². The number of halogens is 1. The molecular formula is C17H20ClN3O2. The molecule has 2 aliphatic rings. The Hall–Kier alpha value is -2.01. The fourth-order valence-electron chi connectivity index (χ4n) is 3.15. The molecular weight excluding hydrogens is 314 g/mol. The van der Waals surface area contributed by atoms with Gasteiger partial charge in [0.2, 0.25) is 0 Å². The molecule has 0 saturated heterocycles. The molecule has 3 rings (SSSR count). The minimum absolute atomic E-state index is 0.0227. The van der Waals surface area contributed by atoms with Crippen LogP contribution in [0.25, 0.3) is 0 Å². The molecule has 1 aromatic rings. The summed E-state index contributed by atoms with van der Waals surface area (Å²) in [6.07, 6.45) is 0. The molecule has 5 nitrogen and oxygen atoms in total. The third-order valence-electron chi connectivity index (χ3n) is 4.24. The fourth-order valence-corrected chi connectivity index (χ4v) is 3.40. The minimum atomic E-state index is -0.493. The van der Waals surface area contributed by atoms with Crippen LogP contribution in [-0.4, -0.2) is 41.9 Å². The van der Waals surface area contributed by atoms with Crippen LogP contribution in [0.5, 0.6) is 0 Å². The third-order valence-corrected chi connectivity index (χ3v) is 4.58. The van der Waals surface area contributed by atoms with Gasteiger partial charge in [-0.15, -0.1) is 0 Å². The first-order chi connectivity index (χ1) is 10.9. The number of benzene rings is 1. The minimum Gasteiger partial charge on any atom is -0.333 e. The van der Waals surface area contributed by atoms with Crippen LogP contribution in [0.1, 0.15) is 25.5 Å². The summed E-state index contributed by atoms with van der Waals surface area (Å²) in [6, 6.07) is 6.60. The quantitative estimate of drug-likeness (QED) is 0.924. The summed E-state index contributed by atoms with van der Waals surface area (Å²) in [5.74, 6) is 0.346. The van der Waals surface area contributed by atoms with E-state index >= 15 is 0 Å². The van der Waals surface area contributed by atoms with Crippen molar-refractivity contribution in [1.82, 2.24) is 15.1 Å². The van der Waals surface area contributed by atoms with Crippen LogP contribution in [0.4, 0.5) is 4.79 Å². The van der Waals surface area contributed by atoms with E-state index in [-0.39, 0.29) is 11.9 Å². The van der Waals surface area contributed by atoms with Crippen molar-refractivity contribution in [1.29, 1.82) is 0 Å². The van der Waals surface area contributed by atoms with Crippen LogP contribution in [0.15, 0.2) is 35.5 Å². The molecule has 0 saturated carbocycles. The molecule has 6 heteroatoms. The Morgan fingerprint density at radius 1 is 1.30 bits per heavy atom. The van der Waals surface area contributed by atoms with E-state index in [1.54, 1.807) is 18.0 Å². The van der Waals surface area contributed by atoms with Gasteiger partial charge in [-0.25, -0.2) is 4.79 Å². The number of nitrogens with zero attached hydrogens (tertiary/aromatic N) is 2. The van der Waals surface area contributed by atoms with Crippen molar-refractivity contribution < 1.29 is 9.59 Å². The van der Waals surface area contributed by atoms with Gasteiger partial charge in [-0.2, -0.15) is 0 Å². The van der Waals surface area contributed by atoms with Gasteiger partial charge in [0.25, 0.3) is 5.91 Å². The lowest BCUT2D eigenvalue weighted by molar-refractivity contribution is -0.126. The maximum Gasteiger partial charge on any atom is 0.322 e. The summed E-state index contributed by atoms with van der Waals surface area (Å²) < 4.78 is 0. The average Bonchev–Trinajstić information content (AvgIpc) is 2.81. The Kier molecular flexibility index (Phi) is 4.06. The predicted octanol–water partition coefficient (Wildman–Crippen LogP) is 2.79. The zero-order valence-corrected chi connectivity index (χ0v) is 14.2. The zero-order valence-electron chi connectivity index (χ0n) is 13.5. The number of carbonyl (C=O) groups is 2. The first-order valence-corrected chi connectivity index (χ1v) is 8.09. The van der Waals surface area contributed by atoms with E-state index in [4.69, 9.17) is 11.6 Å². The second-order valence-electron chi connectivity index (χ2n) is 6.40. The van der Waals surface area contributed by atoms with Crippen molar-refractivity contribution in [3.8, 4) is 0 Å². The SMILES string of the molecule is CC(C)CN1CC2=C(C1=O)C(c1ccccc1Cl)NC(=O)N2C. The molecule has 1 aromatic carbocycles. The van der Waals surface area contributed by atoms with Gasteiger partial charge in [-0.1, -0.05) is 43.6 Å². The zero-order chi connectivity index (χ0) is 16.7. The summed E-state index contributed by atoms with van der Waals surface area (Å²) in [7, 11) is 1.69. The second-order valence-corrected chi connectivity index (χ2v) is 6.81. The van der Waals surface area contributed by atoms with Crippen molar-refractivity contribution in [3.63, 3.8) is 0 Å². The van der Waals surface area contributed by atoms with Crippen molar-refractivity contribution in [3.05, 3.63) is 46.1 Å². The van der Waals surface area contributed by atoms with Crippen molar-refractivity contribution in [2.24, 2.45) is 5.92 Å². The summed E-state index contributed by atoms with van der Waals surface area (Å²) >= 11 is 6.29. The molecule has 0 spiro atoms. The van der Waals surface area contributed by atoms with Crippen LogP contribution in [0, 0.1) is 5.92 Å². The lowest BCUT2D eigenvalue weighted by atomic mass is 9.95. The van der Waals surface area contributed by atoms with Gasteiger partial charge in [0.15, 0.2) is 0 Å². The molecule has 2 heterocycles. The Balaban J connectivity index is 2.03. The van der Waals surface area contributed by atoms with Crippen molar-refractivity contribution in [2.75, 3.05) is 20.1 Å². The lowest BCUT2D eigenvalue weighted by Gasteiger charge is -2.31. The van der Waals surface area contributed by atoms with E-state index in [9.17, 15) is 9.59 Å². The van der Waals surface area contributed by atoms with Crippen LogP contribution < -0.4 is 5.32 Å². The molecule has 0 radical (unpaired) electrons. The first kappa shape index (κ1) is 15.9. The van der Waals surface area contributed by atoms with Crippen LogP contribution in [0.2, 0.25) is 5.02 Å². The maximum atomic E-state index is 12.9. The number of nitrogens with one attached hydrogen (secondary N) is 1. The second kappa shape index (κ2) is 5.89. The summed E-state index contributed by atoms with van der Waals surface area (Å²) in [4.78, 5) is 28.5. The van der Waals surface area contributed by atoms with E-state index in [1.165, 1.54) is 4.90 Å². The molecule has 122 valence electrons. The van der Waals surface area contributed by atoms with Crippen LogP contribution in [0.3, 0.4) is 0 Å². The fraction of sp³-hybridized carbons (Fsp3) is 0.412. The maximum absolute atomic E-state index is 12.9. The average molecular weight is 334 g/mol. The molecule has 1 atom stereocenters. The van der Waals surface area contributed by atoms with Gasteiger partial charge >= 0.3 is 6.03 Å². The molecule has 3 amide bonds. The van der Waals surface area contributed by atoms with Gasteiger partial charge in [-0.3, -0.25) is 9.69 Å². The number of likely N-dealkylation sites (N-methyl/N-ethyl adjacent to an activating group) is 1. The molecule has 23 heavy (non-hydrogen) atoms. The summed E-state index contributed by atoms with van der Waals surface area (Å²) in [5, 5.41) is 3.44. The molecule has 0 aliphatic carbocycles. The van der Waals surface area contributed by atoms with Gasteiger partial charge in [0.1, 0.15) is 0 Å². The standard InChI is InChI=1S/C17H20ClN3O2/c1-10(2)8-21-9-13-14(16(21)22)15(19-17(23)20(13)3)11-6-4-5-7-12(11)18/h4-7,10,15H,8-9H2,1-3H3,(H,19,23). The number of rotatable bonds is 3. The largest absolute Gasteiger partial charge is 0.333 e. The number of hydrogen-bond acceptors (Lipinski definition) is 2. The lowest BCUT2D eigenvalue weighted by Crippen LogP contribution is -2.45. The monoisotopic (exact) mass is 333 g/mol. The predicted molar refractivity (Wildman–Crippen MR) is 88.9 cm³/mol. The molecule has 1 unspecified atom stereocenters. The molecule has 2 aliphatic heterocycles. The van der Waals surface area contributed by atoms with Crippen LogP contribution >= 0.6 is 11.6 Å². The molecule has 0 aromatic heterocycles. The highest BCUT2D eigenvalue weighted by atomic mass is 35.5. The highest BCUT2D eigenvalue weighted by Gasteiger charge is 2.43. The van der Waals surface area contributed by atoms with Gasteiger partial charge in [0.05, 0.1) is 23.9 Å². The highest BCUT2D eigenvalue weighted by Crippen LogP contribution is 2.38. The van der Waals surface area contributed by atoms with Crippen molar-refractivity contribution >= 4 is 23.5 Å². The Labute approximate surface area is 140 Å². The topological polar surface area (TPSA) is 52.7 Å². The Bertz CT molecular complexity index is 699. The Morgan fingerprint density at radius 3 is 2.65 bits per heavy atom. The third kappa shape index (κ3) is 2.70. The summed E-state index contributed by atoms with van der Waals surface area (Å²) in [5.41, 5.74) is 2.15.